The first-order valence-corrected chi connectivity index (χ1v) is 8.20. The van der Waals surface area contributed by atoms with Crippen LogP contribution in [0.15, 0.2) is 0 Å². The van der Waals surface area contributed by atoms with Gasteiger partial charge in [-0.2, -0.15) is 0 Å². The summed E-state index contributed by atoms with van der Waals surface area (Å²) in [6.45, 7) is 11.7. The van der Waals surface area contributed by atoms with E-state index in [2.05, 4.69) is 47.9 Å². The van der Waals surface area contributed by atoms with E-state index in [4.69, 9.17) is 4.98 Å². The van der Waals surface area contributed by atoms with E-state index in [1.54, 1.807) is 0 Å². The fraction of sp³-hybridized carbons (Fsp3) is 0.750. The Bertz CT molecular complexity index is 460. The summed E-state index contributed by atoms with van der Waals surface area (Å²) < 4.78 is 0. The van der Waals surface area contributed by atoms with Crippen molar-refractivity contribution in [3.8, 4) is 0 Å². The van der Waals surface area contributed by atoms with Crippen LogP contribution in [-0.2, 0) is 6.42 Å². The zero-order chi connectivity index (χ0) is 15.2. The van der Waals surface area contributed by atoms with Crippen molar-refractivity contribution in [1.82, 2.24) is 14.9 Å². The number of hydrogen-bond acceptors (Lipinski definition) is 5. The first-order chi connectivity index (χ1) is 10.2. The minimum atomic E-state index is 0.894. The monoisotopic (exact) mass is 291 g/mol. The molecule has 0 saturated carbocycles. The van der Waals surface area contributed by atoms with Crippen LogP contribution in [0.1, 0.15) is 38.1 Å². The minimum absolute atomic E-state index is 0.894. The summed E-state index contributed by atoms with van der Waals surface area (Å²) in [5, 5.41) is 3.39. The van der Waals surface area contributed by atoms with Gasteiger partial charge in [0.1, 0.15) is 17.5 Å². The van der Waals surface area contributed by atoms with Gasteiger partial charge in [-0.3, -0.25) is 0 Å². The van der Waals surface area contributed by atoms with E-state index in [1.165, 1.54) is 18.5 Å². The highest BCUT2D eigenvalue weighted by Crippen LogP contribution is 2.25. The highest BCUT2D eigenvalue weighted by Gasteiger charge is 2.18. The number of nitrogens with one attached hydrogen (secondary N) is 1. The average Bonchev–Trinajstić information content (AvgIpc) is 2.67. The van der Waals surface area contributed by atoms with Gasteiger partial charge in [-0.05, 0) is 40.3 Å². The van der Waals surface area contributed by atoms with Crippen molar-refractivity contribution in [1.29, 1.82) is 0 Å². The van der Waals surface area contributed by atoms with Gasteiger partial charge in [0, 0.05) is 38.2 Å². The van der Waals surface area contributed by atoms with Crippen molar-refractivity contribution in [3.05, 3.63) is 11.4 Å². The van der Waals surface area contributed by atoms with Crippen LogP contribution in [0.25, 0.3) is 0 Å². The molecular weight excluding hydrogens is 262 g/mol. The number of hydrogen-bond donors (Lipinski definition) is 1. The van der Waals surface area contributed by atoms with Crippen molar-refractivity contribution in [2.24, 2.45) is 0 Å². The molecule has 0 atom stereocenters. The van der Waals surface area contributed by atoms with Gasteiger partial charge in [-0.1, -0.05) is 6.92 Å². The summed E-state index contributed by atoms with van der Waals surface area (Å²) in [6, 6.07) is 0. The van der Waals surface area contributed by atoms with E-state index >= 15 is 0 Å². The maximum atomic E-state index is 4.85. The number of rotatable bonds is 5. The van der Waals surface area contributed by atoms with Gasteiger partial charge in [0.05, 0.1) is 0 Å². The van der Waals surface area contributed by atoms with Gasteiger partial charge in [0.15, 0.2) is 0 Å². The second kappa shape index (κ2) is 7.59. The van der Waals surface area contributed by atoms with Gasteiger partial charge in [-0.15, -0.1) is 0 Å². The minimum Gasteiger partial charge on any atom is -0.370 e. The van der Waals surface area contributed by atoms with Crippen molar-refractivity contribution in [2.45, 2.75) is 40.0 Å². The molecule has 0 aromatic carbocycles. The van der Waals surface area contributed by atoms with E-state index in [0.717, 1.165) is 56.5 Å². The predicted octanol–water partition coefficient (Wildman–Crippen LogP) is 2.31. The second-order valence-corrected chi connectivity index (χ2v) is 5.86. The van der Waals surface area contributed by atoms with Crippen LogP contribution in [0.2, 0.25) is 0 Å². The molecule has 1 N–H and O–H groups in total. The number of nitrogens with zero attached hydrogens (tertiary/aromatic N) is 4. The van der Waals surface area contributed by atoms with E-state index in [-0.39, 0.29) is 0 Å². The molecule has 1 aliphatic heterocycles. The van der Waals surface area contributed by atoms with Crippen molar-refractivity contribution < 1.29 is 0 Å². The normalized spacial score (nSPS) is 16.9. The highest BCUT2D eigenvalue weighted by molar-refractivity contribution is 5.58. The van der Waals surface area contributed by atoms with Crippen LogP contribution in [0, 0.1) is 6.92 Å². The topological polar surface area (TPSA) is 44.3 Å². The summed E-state index contributed by atoms with van der Waals surface area (Å²) in [5.74, 6) is 3.09. The lowest BCUT2D eigenvalue weighted by Gasteiger charge is -2.25. The maximum Gasteiger partial charge on any atom is 0.137 e. The molecule has 0 amide bonds. The Morgan fingerprint density at radius 2 is 1.90 bits per heavy atom. The number of likely N-dealkylation sites (N-methyl/N-ethyl adjacent to an activating group) is 1. The molecule has 21 heavy (non-hydrogen) atoms. The first kappa shape index (κ1) is 16.0. The molecule has 1 saturated heterocycles. The van der Waals surface area contributed by atoms with Crippen molar-refractivity contribution in [2.75, 3.05) is 50.0 Å². The maximum absolute atomic E-state index is 4.85. The molecule has 5 heteroatoms. The first-order valence-electron chi connectivity index (χ1n) is 8.20. The lowest BCUT2D eigenvalue weighted by molar-refractivity contribution is 0.360. The Morgan fingerprint density at radius 1 is 1.10 bits per heavy atom. The van der Waals surface area contributed by atoms with Gasteiger partial charge in [-0.25, -0.2) is 9.97 Å². The highest BCUT2D eigenvalue weighted by atomic mass is 15.3. The van der Waals surface area contributed by atoms with Crippen molar-refractivity contribution in [3.63, 3.8) is 0 Å². The Morgan fingerprint density at radius 3 is 2.62 bits per heavy atom. The largest absolute Gasteiger partial charge is 0.370 e. The van der Waals surface area contributed by atoms with Gasteiger partial charge >= 0.3 is 0 Å². The third-order valence-electron chi connectivity index (χ3n) is 4.00. The van der Waals surface area contributed by atoms with Crippen molar-refractivity contribution >= 4 is 11.6 Å². The summed E-state index contributed by atoms with van der Waals surface area (Å²) in [5.41, 5.74) is 1.18. The molecule has 1 aromatic heterocycles. The van der Waals surface area contributed by atoms with Crippen LogP contribution in [-0.4, -0.2) is 54.6 Å². The standard InChI is InChI=1S/C16H29N5/c1-5-8-14-18-15(17-6-2)13(3)16(19-14)21-10-7-9-20(4)11-12-21/h5-12H2,1-4H3,(H,17,18,19). The summed E-state index contributed by atoms with van der Waals surface area (Å²) in [4.78, 5) is 14.4. The van der Waals surface area contributed by atoms with Crippen LogP contribution in [0.3, 0.4) is 0 Å². The van der Waals surface area contributed by atoms with E-state index < -0.39 is 0 Å². The SMILES string of the molecule is CCCc1nc(NCC)c(C)c(N2CCCN(C)CC2)n1. The van der Waals surface area contributed by atoms with Crippen LogP contribution >= 0.6 is 0 Å². The quantitative estimate of drug-likeness (QED) is 0.902. The van der Waals surface area contributed by atoms with Gasteiger partial charge in [0.2, 0.25) is 0 Å². The van der Waals surface area contributed by atoms with Gasteiger partial charge in [0.25, 0.3) is 0 Å². The fourth-order valence-electron chi connectivity index (χ4n) is 2.79. The summed E-state index contributed by atoms with van der Waals surface area (Å²) >= 11 is 0. The molecule has 0 bridgehead atoms. The Balaban J connectivity index is 2.31. The third-order valence-corrected chi connectivity index (χ3v) is 4.00. The molecule has 0 spiro atoms. The molecule has 1 aromatic rings. The molecular formula is C16H29N5. The fourth-order valence-corrected chi connectivity index (χ4v) is 2.79. The number of aromatic nitrogens is 2. The zero-order valence-corrected chi connectivity index (χ0v) is 13.9. The lowest BCUT2D eigenvalue weighted by atomic mass is 10.2. The second-order valence-electron chi connectivity index (χ2n) is 5.86. The van der Waals surface area contributed by atoms with E-state index in [0.29, 0.717) is 0 Å². The average molecular weight is 291 g/mol. The molecule has 118 valence electrons. The van der Waals surface area contributed by atoms with Crippen LogP contribution in [0.5, 0.6) is 0 Å². The third kappa shape index (κ3) is 4.06. The Labute approximate surface area is 128 Å². The molecule has 0 aliphatic carbocycles. The van der Waals surface area contributed by atoms with Crippen LogP contribution in [0.4, 0.5) is 11.6 Å². The summed E-state index contributed by atoms with van der Waals surface area (Å²) in [7, 11) is 2.20. The molecule has 5 nitrogen and oxygen atoms in total. The number of aryl methyl sites for hydroxylation is 1. The zero-order valence-electron chi connectivity index (χ0n) is 13.9. The lowest BCUT2D eigenvalue weighted by Crippen LogP contribution is -2.30. The smallest absolute Gasteiger partial charge is 0.137 e. The summed E-state index contributed by atoms with van der Waals surface area (Å²) in [6.07, 6.45) is 3.22. The molecule has 1 fully saturated rings. The van der Waals surface area contributed by atoms with Gasteiger partial charge < -0.3 is 15.1 Å². The molecule has 1 aliphatic rings. The van der Waals surface area contributed by atoms with E-state index in [1.807, 2.05) is 0 Å². The molecule has 0 radical (unpaired) electrons. The predicted molar refractivity (Wildman–Crippen MR) is 89.3 cm³/mol. The Kier molecular flexibility index (Phi) is 5.79. The number of anilines is 2. The molecule has 0 unspecified atom stereocenters. The van der Waals surface area contributed by atoms with E-state index in [9.17, 15) is 0 Å². The Hall–Kier alpha value is -1.36. The molecule has 2 rings (SSSR count). The molecule has 2 heterocycles. The van der Waals surface area contributed by atoms with Crippen LogP contribution < -0.4 is 10.2 Å².